The zero-order valence-corrected chi connectivity index (χ0v) is 16.3. The summed E-state index contributed by atoms with van der Waals surface area (Å²) in [4.78, 5) is 19.4. The van der Waals surface area contributed by atoms with E-state index in [1.807, 2.05) is 17.9 Å². The van der Waals surface area contributed by atoms with Gasteiger partial charge in [0, 0.05) is 37.2 Å². The number of hydrogen-bond donors (Lipinski definition) is 1. The first kappa shape index (κ1) is 18.6. The fourth-order valence-corrected chi connectivity index (χ4v) is 4.16. The van der Waals surface area contributed by atoms with Crippen LogP contribution in [-0.2, 0) is 6.42 Å². The van der Waals surface area contributed by atoms with Gasteiger partial charge in [-0.25, -0.2) is 9.37 Å². The maximum absolute atomic E-state index is 13.2. The summed E-state index contributed by atoms with van der Waals surface area (Å²) in [5.74, 6) is 0.492. The van der Waals surface area contributed by atoms with Gasteiger partial charge in [-0.3, -0.25) is 9.89 Å². The first-order valence-corrected chi connectivity index (χ1v) is 10.1. The van der Waals surface area contributed by atoms with Gasteiger partial charge in [0.05, 0.1) is 23.5 Å². The van der Waals surface area contributed by atoms with Crippen molar-refractivity contribution in [2.24, 2.45) is 0 Å². The summed E-state index contributed by atoms with van der Waals surface area (Å²) in [7, 11) is 0. The number of hydrogen-bond acceptors (Lipinski definition) is 5. The number of thiazole rings is 1. The molecular formula is C20H21FN4O2S. The van der Waals surface area contributed by atoms with Gasteiger partial charge in [0.25, 0.3) is 5.91 Å². The van der Waals surface area contributed by atoms with E-state index in [2.05, 4.69) is 15.2 Å². The highest BCUT2D eigenvalue weighted by molar-refractivity contribution is 7.11. The molecule has 1 fully saturated rings. The highest BCUT2D eigenvalue weighted by Crippen LogP contribution is 2.28. The van der Waals surface area contributed by atoms with E-state index < -0.39 is 0 Å². The molecule has 0 aliphatic carbocycles. The molecule has 8 heteroatoms. The molecule has 0 unspecified atom stereocenters. The molecule has 1 saturated heterocycles. The first-order chi connectivity index (χ1) is 13.6. The number of rotatable bonds is 6. The number of carbonyl (C=O) groups is 1. The number of H-pyrrole nitrogens is 1. The summed E-state index contributed by atoms with van der Waals surface area (Å²) in [6, 6.07) is 8.15. The quantitative estimate of drug-likeness (QED) is 0.687. The molecule has 0 bridgehead atoms. The van der Waals surface area contributed by atoms with Crippen LogP contribution >= 0.6 is 11.3 Å². The zero-order valence-electron chi connectivity index (χ0n) is 15.5. The van der Waals surface area contributed by atoms with Gasteiger partial charge in [-0.15, -0.1) is 11.3 Å². The number of nitrogens with zero attached hydrogens (tertiary/aromatic N) is 3. The number of amides is 1. The van der Waals surface area contributed by atoms with Crippen LogP contribution in [0.25, 0.3) is 0 Å². The Labute approximate surface area is 166 Å². The van der Waals surface area contributed by atoms with Crippen LogP contribution in [0.4, 0.5) is 4.39 Å². The molecular weight excluding hydrogens is 379 g/mol. The molecule has 1 N–H and O–H groups in total. The number of aromatic amines is 1. The Hall–Kier alpha value is -2.74. The number of likely N-dealkylation sites (tertiary alicyclic amines) is 1. The minimum absolute atomic E-state index is 0.0572. The van der Waals surface area contributed by atoms with Crippen molar-refractivity contribution in [3.63, 3.8) is 0 Å². The summed E-state index contributed by atoms with van der Waals surface area (Å²) in [5, 5.41) is 7.47. The van der Waals surface area contributed by atoms with Gasteiger partial charge in [-0.2, -0.15) is 5.10 Å². The van der Waals surface area contributed by atoms with Crippen LogP contribution in [0, 0.1) is 12.7 Å². The maximum Gasteiger partial charge on any atom is 0.265 e. The van der Waals surface area contributed by atoms with Gasteiger partial charge in [0.1, 0.15) is 16.4 Å². The van der Waals surface area contributed by atoms with Crippen LogP contribution in [0.1, 0.15) is 39.1 Å². The topological polar surface area (TPSA) is 71.1 Å². The lowest BCUT2D eigenvalue weighted by Crippen LogP contribution is -2.28. The summed E-state index contributed by atoms with van der Waals surface area (Å²) in [6.45, 7) is 3.69. The second kappa shape index (κ2) is 8.10. The normalized spacial score (nSPS) is 16.5. The van der Waals surface area contributed by atoms with Gasteiger partial charge < -0.3 is 9.64 Å². The fourth-order valence-electron chi connectivity index (χ4n) is 3.39. The van der Waals surface area contributed by atoms with Crippen molar-refractivity contribution in [1.29, 1.82) is 0 Å². The molecule has 1 atom stereocenters. The fraction of sp³-hybridized carbons (Fsp3) is 0.350. The lowest BCUT2D eigenvalue weighted by atomic mass is 10.0. The summed E-state index contributed by atoms with van der Waals surface area (Å²) < 4.78 is 18.7. The summed E-state index contributed by atoms with van der Waals surface area (Å²) >= 11 is 1.39. The lowest BCUT2D eigenvalue weighted by molar-refractivity contribution is 0.0794. The van der Waals surface area contributed by atoms with Crippen LogP contribution in [-0.4, -0.2) is 45.7 Å². The number of halogens is 1. The number of ether oxygens (including phenoxy) is 1. The van der Waals surface area contributed by atoms with E-state index in [0.29, 0.717) is 25.3 Å². The van der Waals surface area contributed by atoms with E-state index in [1.54, 1.807) is 17.6 Å². The monoisotopic (exact) mass is 400 g/mol. The molecule has 0 radical (unpaired) electrons. The Balaban J connectivity index is 1.31. The SMILES string of the molecule is Cc1ncsc1C(=O)N1CC[C@@H](c2cc(CCOc3cccc(F)c3)[nH]n2)C1. The molecule has 146 valence electrons. The molecule has 6 nitrogen and oxygen atoms in total. The van der Waals surface area contributed by atoms with Crippen LogP contribution in [0.3, 0.4) is 0 Å². The van der Waals surface area contributed by atoms with Crippen molar-refractivity contribution in [3.8, 4) is 5.75 Å². The first-order valence-electron chi connectivity index (χ1n) is 9.22. The molecule has 0 spiro atoms. The lowest BCUT2D eigenvalue weighted by Gasteiger charge is -2.15. The van der Waals surface area contributed by atoms with Crippen LogP contribution in [0.5, 0.6) is 5.75 Å². The zero-order chi connectivity index (χ0) is 19.5. The number of benzene rings is 1. The number of nitrogens with one attached hydrogen (secondary N) is 1. The third kappa shape index (κ3) is 4.06. The molecule has 3 aromatic rings. The Morgan fingerprint density at radius 1 is 1.43 bits per heavy atom. The Morgan fingerprint density at radius 2 is 2.32 bits per heavy atom. The van der Waals surface area contributed by atoms with E-state index in [0.717, 1.165) is 34.9 Å². The number of aryl methyl sites for hydroxylation is 1. The molecule has 1 aliphatic heterocycles. The van der Waals surface area contributed by atoms with Crippen LogP contribution < -0.4 is 4.74 Å². The van der Waals surface area contributed by atoms with Crippen molar-refractivity contribution in [3.05, 3.63) is 63.6 Å². The minimum atomic E-state index is -0.310. The van der Waals surface area contributed by atoms with E-state index in [1.165, 1.54) is 23.5 Å². The van der Waals surface area contributed by atoms with Crippen molar-refractivity contribution in [1.82, 2.24) is 20.1 Å². The Kier molecular flexibility index (Phi) is 5.38. The van der Waals surface area contributed by atoms with Crippen molar-refractivity contribution in [2.45, 2.75) is 25.7 Å². The third-order valence-corrected chi connectivity index (χ3v) is 5.84. The molecule has 28 heavy (non-hydrogen) atoms. The molecule has 1 amide bonds. The molecule has 4 rings (SSSR count). The predicted octanol–water partition coefficient (Wildman–Crippen LogP) is 3.56. The summed E-state index contributed by atoms with van der Waals surface area (Å²) in [5.41, 5.74) is 4.44. The van der Waals surface area contributed by atoms with Gasteiger partial charge in [0.2, 0.25) is 0 Å². The molecule has 3 heterocycles. The minimum Gasteiger partial charge on any atom is -0.493 e. The van der Waals surface area contributed by atoms with Crippen molar-refractivity contribution < 1.29 is 13.9 Å². The number of carbonyl (C=O) groups excluding carboxylic acids is 1. The predicted molar refractivity (Wildman–Crippen MR) is 104 cm³/mol. The van der Waals surface area contributed by atoms with Crippen molar-refractivity contribution in [2.75, 3.05) is 19.7 Å². The second-order valence-corrected chi connectivity index (χ2v) is 7.73. The van der Waals surface area contributed by atoms with Gasteiger partial charge >= 0.3 is 0 Å². The Bertz CT molecular complexity index is 971. The standard InChI is InChI=1S/C20H21FN4O2S/c1-13-19(28-12-22-13)20(26)25-7-5-14(11-25)18-10-16(23-24-18)6-8-27-17-4-2-3-15(21)9-17/h2-4,9-10,12,14H,5-8,11H2,1H3,(H,23,24)/t14-/m1/s1. The van der Waals surface area contributed by atoms with E-state index in [4.69, 9.17) is 4.74 Å². The largest absolute Gasteiger partial charge is 0.493 e. The third-order valence-electron chi connectivity index (χ3n) is 4.92. The molecule has 1 aliphatic rings. The van der Waals surface area contributed by atoms with Gasteiger partial charge in [0.15, 0.2) is 0 Å². The van der Waals surface area contributed by atoms with Gasteiger partial charge in [-0.05, 0) is 31.5 Å². The molecule has 2 aromatic heterocycles. The van der Waals surface area contributed by atoms with E-state index >= 15 is 0 Å². The average Bonchev–Trinajstić information content (AvgIpc) is 3.41. The second-order valence-electron chi connectivity index (χ2n) is 6.88. The summed E-state index contributed by atoms with van der Waals surface area (Å²) in [6.07, 6.45) is 1.55. The molecule has 1 aromatic carbocycles. The van der Waals surface area contributed by atoms with Gasteiger partial charge in [-0.1, -0.05) is 6.07 Å². The van der Waals surface area contributed by atoms with E-state index in [9.17, 15) is 9.18 Å². The highest BCUT2D eigenvalue weighted by atomic mass is 32.1. The van der Waals surface area contributed by atoms with Crippen LogP contribution in [0.15, 0.2) is 35.8 Å². The molecule has 0 saturated carbocycles. The smallest absolute Gasteiger partial charge is 0.265 e. The highest BCUT2D eigenvalue weighted by Gasteiger charge is 2.30. The average molecular weight is 400 g/mol. The Morgan fingerprint density at radius 3 is 3.11 bits per heavy atom. The van der Waals surface area contributed by atoms with Crippen LogP contribution in [0.2, 0.25) is 0 Å². The van der Waals surface area contributed by atoms with Crippen molar-refractivity contribution >= 4 is 17.2 Å². The maximum atomic E-state index is 13.2. The number of aromatic nitrogens is 3. The van der Waals surface area contributed by atoms with E-state index in [-0.39, 0.29) is 17.6 Å².